The maximum atomic E-state index is 4.15. The second-order valence-corrected chi connectivity index (χ2v) is 6.80. The van der Waals surface area contributed by atoms with Crippen LogP contribution in [0.4, 0.5) is 0 Å². The molecule has 0 amide bonds. The lowest BCUT2D eigenvalue weighted by atomic mass is 10.1. The number of fused-ring (bicyclic) bond motifs is 1. The molecule has 0 aliphatic heterocycles. The number of benzene rings is 1. The molecule has 4 heteroatoms. The Labute approximate surface area is 129 Å². The topological polar surface area (TPSA) is 29.9 Å². The summed E-state index contributed by atoms with van der Waals surface area (Å²) in [7, 11) is 0. The molecule has 21 heavy (non-hydrogen) atoms. The first-order valence-corrected chi connectivity index (χ1v) is 8.26. The smallest absolute Gasteiger partial charge is 0.0794 e. The van der Waals surface area contributed by atoms with E-state index < -0.39 is 0 Å². The van der Waals surface area contributed by atoms with Gasteiger partial charge >= 0.3 is 0 Å². The van der Waals surface area contributed by atoms with Crippen molar-refractivity contribution in [1.29, 1.82) is 0 Å². The highest BCUT2D eigenvalue weighted by Gasteiger charge is 2.04. The van der Waals surface area contributed by atoms with Crippen molar-refractivity contribution >= 4 is 22.2 Å². The van der Waals surface area contributed by atoms with Crippen molar-refractivity contribution in [3.63, 3.8) is 0 Å². The number of nitrogens with one attached hydrogen (secondary N) is 1. The van der Waals surface area contributed by atoms with Gasteiger partial charge in [-0.1, -0.05) is 26.0 Å². The number of thiazole rings is 1. The van der Waals surface area contributed by atoms with E-state index in [0.717, 1.165) is 19.6 Å². The van der Waals surface area contributed by atoms with Gasteiger partial charge in [-0.05, 0) is 35.5 Å². The monoisotopic (exact) mass is 299 g/mol. The van der Waals surface area contributed by atoms with Crippen LogP contribution < -0.4 is 5.32 Å². The number of nitrogens with zero attached hydrogens (tertiary/aromatic N) is 2. The largest absolute Gasteiger partial charge is 0.342 e. The summed E-state index contributed by atoms with van der Waals surface area (Å²) >= 11 is 1.71. The fourth-order valence-corrected chi connectivity index (χ4v) is 3.06. The maximum Gasteiger partial charge on any atom is 0.0794 e. The van der Waals surface area contributed by atoms with Crippen LogP contribution in [0.2, 0.25) is 0 Å². The molecule has 0 radical (unpaired) electrons. The molecule has 3 nitrogen and oxygen atoms in total. The molecule has 0 aliphatic rings. The van der Waals surface area contributed by atoms with Gasteiger partial charge in [-0.3, -0.25) is 4.98 Å². The average Bonchev–Trinajstić information content (AvgIpc) is 3.09. The normalized spacial score (nSPS) is 11.6. The molecule has 110 valence electrons. The molecule has 0 aliphatic carbocycles. The van der Waals surface area contributed by atoms with E-state index in [1.54, 1.807) is 11.3 Å². The lowest BCUT2D eigenvalue weighted by molar-refractivity contribution is 0.552. The van der Waals surface area contributed by atoms with E-state index in [0.29, 0.717) is 5.92 Å². The summed E-state index contributed by atoms with van der Waals surface area (Å²) in [5.41, 5.74) is 4.53. The molecule has 0 saturated heterocycles. The van der Waals surface area contributed by atoms with E-state index in [2.05, 4.69) is 59.2 Å². The molecule has 0 fully saturated rings. The van der Waals surface area contributed by atoms with E-state index in [-0.39, 0.29) is 0 Å². The van der Waals surface area contributed by atoms with Gasteiger partial charge in [-0.15, -0.1) is 11.3 Å². The Balaban J connectivity index is 1.79. The maximum absolute atomic E-state index is 4.15. The lowest BCUT2D eigenvalue weighted by Crippen LogP contribution is -2.18. The van der Waals surface area contributed by atoms with Crippen molar-refractivity contribution in [3.8, 4) is 0 Å². The van der Waals surface area contributed by atoms with Crippen molar-refractivity contribution in [3.05, 3.63) is 52.6 Å². The number of hydrogen-bond acceptors (Lipinski definition) is 3. The van der Waals surface area contributed by atoms with Crippen LogP contribution in [0.5, 0.6) is 0 Å². The Morgan fingerprint density at radius 1 is 1.29 bits per heavy atom. The third-order valence-electron chi connectivity index (χ3n) is 3.53. The van der Waals surface area contributed by atoms with Gasteiger partial charge in [0, 0.05) is 29.3 Å². The highest BCUT2D eigenvalue weighted by Crippen LogP contribution is 2.20. The summed E-state index contributed by atoms with van der Waals surface area (Å²) in [5.74, 6) is 0.684. The Hall–Kier alpha value is -1.65. The van der Waals surface area contributed by atoms with Gasteiger partial charge in [0.15, 0.2) is 0 Å². The molecule has 2 heterocycles. The highest BCUT2D eigenvalue weighted by atomic mass is 32.1. The van der Waals surface area contributed by atoms with Crippen molar-refractivity contribution in [2.45, 2.75) is 26.9 Å². The first kappa shape index (κ1) is 14.3. The van der Waals surface area contributed by atoms with Gasteiger partial charge in [0.05, 0.1) is 12.1 Å². The van der Waals surface area contributed by atoms with Crippen LogP contribution in [0.25, 0.3) is 10.9 Å². The average molecular weight is 299 g/mol. The Kier molecular flexibility index (Phi) is 4.36. The fraction of sp³-hybridized carbons (Fsp3) is 0.353. The van der Waals surface area contributed by atoms with Crippen LogP contribution in [-0.2, 0) is 13.1 Å². The third kappa shape index (κ3) is 3.52. The van der Waals surface area contributed by atoms with E-state index in [1.165, 1.54) is 21.3 Å². The molecule has 2 aromatic heterocycles. The molecule has 0 saturated carbocycles. The Morgan fingerprint density at radius 3 is 2.95 bits per heavy atom. The van der Waals surface area contributed by atoms with Gasteiger partial charge in [0.2, 0.25) is 0 Å². The third-order valence-corrected chi connectivity index (χ3v) is 4.29. The van der Waals surface area contributed by atoms with Crippen LogP contribution in [0.1, 0.15) is 24.3 Å². The summed E-state index contributed by atoms with van der Waals surface area (Å²) in [5, 5.41) is 4.80. The molecule has 1 N–H and O–H groups in total. The van der Waals surface area contributed by atoms with Gasteiger partial charge in [-0.25, -0.2) is 0 Å². The van der Waals surface area contributed by atoms with E-state index in [9.17, 15) is 0 Å². The summed E-state index contributed by atoms with van der Waals surface area (Å²) in [4.78, 5) is 5.44. The van der Waals surface area contributed by atoms with Crippen LogP contribution in [0, 0.1) is 5.92 Å². The predicted octanol–water partition coefficient (Wildman–Crippen LogP) is 3.89. The van der Waals surface area contributed by atoms with Crippen LogP contribution in [0.15, 0.2) is 42.2 Å². The van der Waals surface area contributed by atoms with Crippen molar-refractivity contribution in [1.82, 2.24) is 14.9 Å². The SMILES string of the molecule is CC(C)CNCc1ccc2ccn(Cc3cncs3)c2c1. The summed E-state index contributed by atoms with van der Waals surface area (Å²) < 4.78 is 2.30. The summed E-state index contributed by atoms with van der Waals surface area (Å²) in [6.07, 6.45) is 4.11. The van der Waals surface area contributed by atoms with Crippen molar-refractivity contribution in [2.75, 3.05) is 6.54 Å². The second kappa shape index (κ2) is 6.41. The summed E-state index contributed by atoms with van der Waals surface area (Å²) in [6, 6.07) is 8.91. The predicted molar refractivity (Wildman–Crippen MR) is 89.7 cm³/mol. The van der Waals surface area contributed by atoms with E-state index >= 15 is 0 Å². The molecule has 3 rings (SSSR count). The quantitative estimate of drug-likeness (QED) is 0.748. The summed E-state index contributed by atoms with van der Waals surface area (Å²) in [6.45, 7) is 7.35. The molecule has 0 unspecified atom stereocenters. The minimum absolute atomic E-state index is 0.684. The zero-order chi connectivity index (χ0) is 14.7. The lowest BCUT2D eigenvalue weighted by Gasteiger charge is -2.09. The van der Waals surface area contributed by atoms with Gasteiger partial charge < -0.3 is 9.88 Å². The number of rotatable bonds is 6. The Morgan fingerprint density at radius 2 is 2.19 bits per heavy atom. The molecule has 0 spiro atoms. The zero-order valence-corrected chi connectivity index (χ0v) is 13.4. The van der Waals surface area contributed by atoms with Gasteiger partial charge in [0.25, 0.3) is 0 Å². The highest BCUT2D eigenvalue weighted by molar-refractivity contribution is 7.09. The molecular weight excluding hydrogens is 278 g/mol. The first-order chi connectivity index (χ1) is 10.2. The van der Waals surface area contributed by atoms with Crippen molar-refractivity contribution in [2.24, 2.45) is 5.92 Å². The molecular formula is C17H21N3S. The van der Waals surface area contributed by atoms with Crippen molar-refractivity contribution < 1.29 is 0 Å². The number of aromatic nitrogens is 2. The fourth-order valence-electron chi connectivity index (χ4n) is 2.47. The molecule has 0 atom stereocenters. The molecule has 0 bridgehead atoms. The second-order valence-electron chi connectivity index (χ2n) is 5.83. The molecule has 1 aromatic carbocycles. The van der Waals surface area contributed by atoms with E-state index in [1.807, 2.05) is 11.7 Å². The van der Waals surface area contributed by atoms with Crippen LogP contribution in [0.3, 0.4) is 0 Å². The zero-order valence-electron chi connectivity index (χ0n) is 12.5. The minimum atomic E-state index is 0.684. The molecule has 3 aromatic rings. The van der Waals surface area contributed by atoms with Gasteiger partial charge in [0.1, 0.15) is 0 Å². The first-order valence-electron chi connectivity index (χ1n) is 7.38. The minimum Gasteiger partial charge on any atom is -0.342 e. The standard InChI is InChI=1S/C17H21N3S/c1-13(2)8-18-9-14-3-4-15-5-6-20(17(15)7-14)11-16-10-19-12-21-16/h3-7,10,12-13,18H,8-9,11H2,1-2H3. The van der Waals surface area contributed by atoms with Crippen LogP contribution >= 0.6 is 11.3 Å². The number of hydrogen-bond donors (Lipinski definition) is 1. The van der Waals surface area contributed by atoms with E-state index in [4.69, 9.17) is 0 Å². The Bertz CT molecular complexity index is 698. The van der Waals surface area contributed by atoms with Crippen LogP contribution in [-0.4, -0.2) is 16.1 Å². The van der Waals surface area contributed by atoms with Gasteiger partial charge in [-0.2, -0.15) is 0 Å².